The Morgan fingerprint density at radius 2 is 1.71 bits per heavy atom. The summed E-state index contributed by atoms with van der Waals surface area (Å²) in [6.45, 7) is 13.2. The number of H-pyrrole nitrogens is 1. The van der Waals surface area contributed by atoms with Crippen LogP contribution in [-0.2, 0) is 5.41 Å². The van der Waals surface area contributed by atoms with Crippen molar-refractivity contribution in [2.75, 3.05) is 0 Å². The Labute approximate surface area is 105 Å². The molecule has 0 fully saturated rings. The summed E-state index contributed by atoms with van der Waals surface area (Å²) >= 11 is 0. The molecule has 0 aliphatic rings. The number of aromatic nitrogens is 1. The third-order valence-electron chi connectivity index (χ3n) is 2.71. The van der Waals surface area contributed by atoms with Crippen molar-refractivity contribution in [1.29, 1.82) is 0 Å². The topological polar surface area (TPSA) is 15.8 Å². The summed E-state index contributed by atoms with van der Waals surface area (Å²) in [7, 11) is 0. The quantitative estimate of drug-likeness (QED) is 0.642. The highest BCUT2D eigenvalue weighted by Gasteiger charge is 2.16. The molecule has 0 saturated heterocycles. The molecule has 0 spiro atoms. The van der Waals surface area contributed by atoms with E-state index in [9.17, 15) is 0 Å². The highest BCUT2D eigenvalue weighted by atomic mass is 14.7. The van der Waals surface area contributed by atoms with E-state index in [2.05, 4.69) is 64.7 Å². The van der Waals surface area contributed by atoms with Crippen LogP contribution in [0.1, 0.15) is 52.2 Å². The van der Waals surface area contributed by atoms with Gasteiger partial charge in [0.1, 0.15) is 0 Å². The fraction of sp³-hybridized carbons (Fsp3) is 0.500. The molecule has 1 aromatic carbocycles. The van der Waals surface area contributed by atoms with Gasteiger partial charge < -0.3 is 4.98 Å². The molecule has 0 aliphatic heterocycles. The lowest BCUT2D eigenvalue weighted by Gasteiger charge is -2.21. The first kappa shape index (κ1) is 13.8. The van der Waals surface area contributed by atoms with Crippen LogP contribution >= 0.6 is 0 Å². The van der Waals surface area contributed by atoms with E-state index in [0.29, 0.717) is 0 Å². The van der Waals surface area contributed by atoms with Gasteiger partial charge in [-0.1, -0.05) is 41.0 Å². The molecule has 17 heavy (non-hydrogen) atoms. The van der Waals surface area contributed by atoms with Crippen molar-refractivity contribution < 1.29 is 0 Å². The largest absolute Gasteiger partial charge is 0.361 e. The summed E-state index contributed by atoms with van der Waals surface area (Å²) in [6.07, 6.45) is 3.25. The number of fused-ring (bicyclic) bond motifs is 1. The zero-order chi connectivity index (χ0) is 13.1. The number of hydrogen-bond donors (Lipinski definition) is 1. The number of rotatable bonds is 0. The smallest absolute Gasteiger partial charge is 0.0457 e. The molecule has 0 aliphatic carbocycles. The van der Waals surface area contributed by atoms with Crippen LogP contribution in [0.3, 0.4) is 0 Å². The molecular formula is C16H25N. The molecule has 1 heteroatoms. The normalized spacial score (nSPS) is 11.2. The third-order valence-corrected chi connectivity index (χ3v) is 2.71. The van der Waals surface area contributed by atoms with E-state index >= 15 is 0 Å². The Morgan fingerprint density at radius 3 is 2.24 bits per heavy atom. The van der Waals surface area contributed by atoms with E-state index in [4.69, 9.17) is 0 Å². The first-order chi connectivity index (χ1) is 7.90. The van der Waals surface area contributed by atoms with Crippen molar-refractivity contribution >= 4 is 10.9 Å². The maximum Gasteiger partial charge on any atom is 0.0457 e. The SMILES string of the molecule is CCC.Cc1cc2cc[nH]c2cc1C(C)(C)C. The molecule has 0 amide bonds. The van der Waals surface area contributed by atoms with Crippen LogP contribution in [-0.4, -0.2) is 4.98 Å². The molecule has 0 atom stereocenters. The maximum atomic E-state index is 3.26. The minimum absolute atomic E-state index is 0.226. The summed E-state index contributed by atoms with van der Waals surface area (Å²) in [5.41, 5.74) is 4.27. The number of benzene rings is 1. The molecule has 1 N–H and O–H groups in total. The van der Waals surface area contributed by atoms with Crippen LogP contribution in [0.25, 0.3) is 10.9 Å². The molecule has 0 unspecified atom stereocenters. The summed E-state index contributed by atoms with van der Waals surface area (Å²) < 4.78 is 0. The van der Waals surface area contributed by atoms with Gasteiger partial charge >= 0.3 is 0 Å². The highest BCUT2D eigenvalue weighted by molar-refractivity contribution is 5.81. The van der Waals surface area contributed by atoms with Gasteiger partial charge in [0.2, 0.25) is 0 Å². The number of aromatic amines is 1. The van der Waals surface area contributed by atoms with Crippen LogP contribution in [0, 0.1) is 6.92 Å². The monoisotopic (exact) mass is 231 g/mol. The van der Waals surface area contributed by atoms with E-state index < -0.39 is 0 Å². The van der Waals surface area contributed by atoms with Crippen LogP contribution in [0.4, 0.5) is 0 Å². The minimum Gasteiger partial charge on any atom is -0.361 e. The lowest BCUT2D eigenvalue weighted by Crippen LogP contribution is -2.12. The summed E-state index contributed by atoms with van der Waals surface area (Å²) in [5.74, 6) is 0. The first-order valence-electron chi connectivity index (χ1n) is 6.48. The molecule has 0 bridgehead atoms. The number of nitrogens with one attached hydrogen (secondary N) is 1. The molecule has 94 valence electrons. The van der Waals surface area contributed by atoms with Crippen molar-refractivity contribution in [3.8, 4) is 0 Å². The van der Waals surface area contributed by atoms with Gasteiger partial charge in [0.25, 0.3) is 0 Å². The zero-order valence-corrected chi connectivity index (χ0v) is 12.0. The van der Waals surface area contributed by atoms with Crippen molar-refractivity contribution in [1.82, 2.24) is 4.98 Å². The molecular weight excluding hydrogens is 206 g/mol. The second-order valence-corrected chi connectivity index (χ2v) is 5.69. The number of aryl methyl sites for hydroxylation is 1. The van der Waals surface area contributed by atoms with Crippen LogP contribution in [0.15, 0.2) is 24.4 Å². The van der Waals surface area contributed by atoms with Gasteiger partial charge in [0, 0.05) is 11.7 Å². The molecule has 1 heterocycles. The molecule has 0 radical (unpaired) electrons. The fourth-order valence-electron chi connectivity index (χ4n) is 2.02. The average molecular weight is 231 g/mol. The second kappa shape index (κ2) is 5.39. The Kier molecular flexibility index (Phi) is 4.39. The van der Waals surface area contributed by atoms with Crippen LogP contribution in [0.5, 0.6) is 0 Å². The van der Waals surface area contributed by atoms with E-state index in [1.165, 1.54) is 28.5 Å². The van der Waals surface area contributed by atoms with Crippen molar-refractivity contribution in [2.24, 2.45) is 0 Å². The van der Waals surface area contributed by atoms with E-state index in [0.717, 1.165) is 0 Å². The second-order valence-electron chi connectivity index (χ2n) is 5.69. The Bertz CT molecular complexity index is 472. The van der Waals surface area contributed by atoms with E-state index in [1.54, 1.807) is 0 Å². The Balaban J connectivity index is 0.000000437. The average Bonchev–Trinajstić information content (AvgIpc) is 2.62. The standard InChI is InChI=1S/C13H17N.C3H8/c1-9-7-10-5-6-14-12(10)8-11(9)13(2,3)4;1-3-2/h5-8,14H,1-4H3;3H2,1-2H3. The Hall–Kier alpha value is -1.24. The molecule has 0 saturated carbocycles. The summed E-state index contributed by atoms with van der Waals surface area (Å²) in [5, 5.41) is 1.30. The van der Waals surface area contributed by atoms with Crippen LogP contribution in [0.2, 0.25) is 0 Å². The molecule has 1 nitrogen and oxygen atoms in total. The van der Waals surface area contributed by atoms with Gasteiger partial charge in [0.05, 0.1) is 0 Å². The highest BCUT2D eigenvalue weighted by Crippen LogP contribution is 2.28. The fourth-order valence-corrected chi connectivity index (χ4v) is 2.02. The maximum absolute atomic E-state index is 3.26. The Morgan fingerprint density at radius 1 is 1.12 bits per heavy atom. The van der Waals surface area contributed by atoms with Crippen molar-refractivity contribution in [3.63, 3.8) is 0 Å². The molecule has 1 aromatic heterocycles. The lowest BCUT2D eigenvalue weighted by molar-refractivity contribution is 0.587. The minimum atomic E-state index is 0.226. The van der Waals surface area contributed by atoms with E-state index in [1.807, 2.05) is 6.20 Å². The van der Waals surface area contributed by atoms with Gasteiger partial charge in [-0.2, -0.15) is 0 Å². The number of hydrogen-bond acceptors (Lipinski definition) is 0. The predicted molar refractivity (Wildman–Crippen MR) is 77.7 cm³/mol. The summed E-state index contributed by atoms with van der Waals surface area (Å²) in [6, 6.07) is 6.64. The molecule has 2 aromatic rings. The zero-order valence-electron chi connectivity index (χ0n) is 12.0. The van der Waals surface area contributed by atoms with Crippen molar-refractivity contribution in [2.45, 2.75) is 53.4 Å². The van der Waals surface area contributed by atoms with Gasteiger partial charge in [-0.3, -0.25) is 0 Å². The van der Waals surface area contributed by atoms with Crippen LogP contribution < -0.4 is 0 Å². The van der Waals surface area contributed by atoms with Crippen molar-refractivity contribution in [3.05, 3.63) is 35.5 Å². The lowest BCUT2D eigenvalue weighted by atomic mass is 9.83. The predicted octanol–water partition coefficient (Wildman–Crippen LogP) is 5.19. The van der Waals surface area contributed by atoms with Gasteiger partial charge in [-0.25, -0.2) is 0 Å². The van der Waals surface area contributed by atoms with Gasteiger partial charge in [0.15, 0.2) is 0 Å². The third kappa shape index (κ3) is 3.36. The van der Waals surface area contributed by atoms with Gasteiger partial charge in [-0.05, 0) is 47.1 Å². The first-order valence-corrected chi connectivity index (χ1v) is 6.48. The summed E-state index contributed by atoms with van der Waals surface area (Å²) in [4.78, 5) is 3.26. The molecule has 2 rings (SSSR count). The van der Waals surface area contributed by atoms with E-state index in [-0.39, 0.29) is 5.41 Å². The van der Waals surface area contributed by atoms with Gasteiger partial charge in [-0.15, -0.1) is 0 Å².